The van der Waals surface area contributed by atoms with Crippen molar-refractivity contribution in [2.75, 3.05) is 5.32 Å². The van der Waals surface area contributed by atoms with E-state index in [1.54, 1.807) is 12.4 Å². The van der Waals surface area contributed by atoms with Crippen LogP contribution in [-0.4, -0.2) is 11.0 Å². The molecule has 4 nitrogen and oxygen atoms in total. The zero-order valence-corrected chi connectivity index (χ0v) is 11.8. The average molecular weight is 269 g/mol. The average Bonchev–Trinajstić information content (AvgIpc) is 2.49. The van der Waals surface area contributed by atoms with E-state index in [4.69, 9.17) is 0 Å². The predicted molar refractivity (Wildman–Crippen MR) is 80.6 cm³/mol. The lowest BCUT2D eigenvalue weighted by atomic mass is 10.1. The molecule has 0 bridgehead atoms. The molecule has 104 valence electrons. The minimum atomic E-state index is -0.217. The summed E-state index contributed by atoms with van der Waals surface area (Å²) in [7, 11) is 0. The van der Waals surface area contributed by atoms with Crippen LogP contribution in [0.5, 0.6) is 0 Å². The van der Waals surface area contributed by atoms with Crippen molar-refractivity contribution in [1.29, 1.82) is 0 Å². The van der Waals surface area contributed by atoms with Crippen LogP contribution in [0.15, 0.2) is 48.8 Å². The number of nitrogens with one attached hydrogen (secondary N) is 2. The van der Waals surface area contributed by atoms with Crippen LogP contribution in [0.1, 0.15) is 31.0 Å². The first-order valence-corrected chi connectivity index (χ1v) is 6.75. The maximum atomic E-state index is 11.9. The van der Waals surface area contributed by atoms with Crippen molar-refractivity contribution < 1.29 is 4.79 Å². The zero-order valence-electron chi connectivity index (χ0n) is 11.8. The second-order valence-corrected chi connectivity index (χ2v) is 4.66. The third-order valence-electron chi connectivity index (χ3n) is 3.15. The molecule has 1 unspecified atom stereocenters. The van der Waals surface area contributed by atoms with E-state index in [9.17, 15) is 4.79 Å². The minimum Gasteiger partial charge on any atom is -0.331 e. The van der Waals surface area contributed by atoms with Crippen molar-refractivity contribution in [3.8, 4) is 0 Å². The zero-order chi connectivity index (χ0) is 14.4. The number of aromatic nitrogens is 1. The van der Waals surface area contributed by atoms with Crippen molar-refractivity contribution >= 4 is 11.7 Å². The maximum absolute atomic E-state index is 11.9. The summed E-state index contributed by atoms with van der Waals surface area (Å²) in [6, 6.07) is 11.3. The Bertz CT molecular complexity index is 552. The maximum Gasteiger partial charge on any atom is 0.319 e. The third kappa shape index (κ3) is 3.82. The number of anilines is 1. The van der Waals surface area contributed by atoms with Gasteiger partial charge in [-0.15, -0.1) is 0 Å². The monoisotopic (exact) mass is 269 g/mol. The van der Waals surface area contributed by atoms with Crippen LogP contribution < -0.4 is 10.6 Å². The number of nitrogens with zero attached hydrogens (tertiary/aromatic N) is 1. The van der Waals surface area contributed by atoms with Gasteiger partial charge in [-0.05, 0) is 42.7 Å². The van der Waals surface area contributed by atoms with E-state index in [-0.39, 0.29) is 12.1 Å². The van der Waals surface area contributed by atoms with E-state index < -0.39 is 0 Å². The standard InChI is InChI=1S/C16H19N3O/c1-3-13-6-8-15(9-7-13)19-16(20)18-12(2)14-5-4-10-17-11-14/h4-12H,3H2,1-2H3,(H2,18,19,20). The molecule has 4 heteroatoms. The molecule has 2 aromatic rings. The van der Waals surface area contributed by atoms with Crippen LogP contribution in [-0.2, 0) is 6.42 Å². The van der Waals surface area contributed by atoms with Gasteiger partial charge in [0.25, 0.3) is 0 Å². The lowest BCUT2D eigenvalue weighted by Gasteiger charge is -2.14. The largest absolute Gasteiger partial charge is 0.331 e. The third-order valence-corrected chi connectivity index (χ3v) is 3.15. The number of hydrogen-bond acceptors (Lipinski definition) is 2. The lowest BCUT2D eigenvalue weighted by molar-refractivity contribution is 0.249. The highest BCUT2D eigenvalue weighted by atomic mass is 16.2. The summed E-state index contributed by atoms with van der Waals surface area (Å²) >= 11 is 0. The van der Waals surface area contributed by atoms with Crippen LogP contribution in [0.3, 0.4) is 0 Å². The van der Waals surface area contributed by atoms with Gasteiger partial charge in [0.15, 0.2) is 0 Å². The highest BCUT2D eigenvalue weighted by Crippen LogP contribution is 2.12. The number of amides is 2. The van der Waals surface area contributed by atoms with Gasteiger partial charge in [-0.25, -0.2) is 4.79 Å². The van der Waals surface area contributed by atoms with Crippen LogP contribution in [0.4, 0.5) is 10.5 Å². The summed E-state index contributed by atoms with van der Waals surface area (Å²) in [6.07, 6.45) is 4.46. The normalized spacial score (nSPS) is 11.7. The molecule has 2 amide bonds. The highest BCUT2D eigenvalue weighted by molar-refractivity contribution is 5.89. The fourth-order valence-corrected chi connectivity index (χ4v) is 1.90. The molecule has 0 spiro atoms. The molecule has 0 saturated heterocycles. The fourth-order valence-electron chi connectivity index (χ4n) is 1.90. The summed E-state index contributed by atoms with van der Waals surface area (Å²) in [5.41, 5.74) is 3.02. The molecule has 20 heavy (non-hydrogen) atoms. The van der Waals surface area contributed by atoms with Crippen LogP contribution >= 0.6 is 0 Å². The van der Waals surface area contributed by atoms with Crippen LogP contribution in [0, 0.1) is 0 Å². The fraction of sp³-hybridized carbons (Fsp3) is 0.250. The predicted octanol–water partition coefficient (Wildman–Crippen LogP) is 3.53. The molecule has 0 saturated carbocycles. The Labute approximate surface area is 119 Å². The number of aryl methyl sites for hydroxylation is 1. The Morgan fingerprint density at radius 1 is 1.25 bits per heavy atom. The molecule has 1 heterocycles. The van der Waals surface area contributed by atoms with Crippen molar-refractivity contribution in [1.82, 2.24) is 10.3 Å². The number of urea groups is 1. The van der Waals surface area contributed by atoms with Crippen LogP contribution in [0.25, 0.3) is 0 Å². The molecule has 0 aliphatic heterocycles. The van der Waals surface area contributed by atoms with Gasteiger partial charge in [-0.1, -0.05) is 25.1 Å². The first-order valence-electron chi connectivity index (χ1n) is 6.75. The molecule has 0 aliphatic rings. The Morgan fingerprint density at radius 2 is 2.00 bits per heavy atom. The van der Waals surface area contributed by atoms with E-state index in [0.717, 1.165) is 17.7 Å². The van der Waals surface area contributed by atoms with Crippen molar-refractivity contribution in [2.45, 2.75) is 26.3 Å². The molecular weight excluding hydrogens is 250 g/mol. The van der Waals surface area contributed by atoms with Gasteiger partial charge >= 0.3 is 6.03 Å². The van der Waals surface area contributed by atoms with Gasteiger partial charge in [0.1, 0.15) is 0 Å². The molecule has 2 N–H and O–H groups in total. The van der Waals surface area contributed by atoms with Gasteiger partial charge in [0.05, 0.1) is 6.04 Å². The number of carbonyl (C=O) groups is 1. The van der Waals surface area contributed by atoms with Gasteiger partial charge < -0.3 is 10.6 Å². The second-order valence-electron chi connectivity index (χ2n) is 4.66. The van der Waals surface area contributed by atoms with Crippen molar-refractivity contribution in [3.63, 3.8) is 0 Å². The minimum absolute atomic E-state index is 0.0846. The molecule has 1 atom stereocenters. The second kappa shape index (κ2) is 6.70. The number of benzene rings is 1. The van der Waals surface area contributed by atoms with Crippen molar-refractivity contribution in [3.05, 3.63) is 59.9 Å². The van der Waals surface area contributed by atoms with E-state index >= 15 is 0 Å². The summed E-state index contributed by atoms with van der Waals surface area (Å²) in [4.78, 5) is 16.0. The summed E-state index contributed by atoms with van der Waals surface area (Å²) in [5.74, 6) is 0. The Morgan fingerprint density at radius 3 is 2.60 bits per heavy atom. The van der Waals surface area contributed by atoms with Crippen LogP contribution in [0.2, 0.25) is 0 Å². The highest BCUT2D eigenvalue weighted by Gasteiger charge is 2.09. The Kier molecular flexibility index (Phi) is 4.71. The Balaban J connectivity index is 1.91. The first kappa shape index (κ1) is 14.1. The topological polar surface area (TPSA) is 54.0 Å². The summed E-state index contributed by atoms with van der Waals surface area (Å²) in [6.45, 7) is 4.03. The van der Waals surface area contributed by atoms with E-state index in [1.165, 1.54) is 5.56 Å². The molecule has 2 rings (SSSR count). The van der Waals surface area contributed by atoms with E-state index in [2.05, 4.69) is 22.5 Å². The van der Waals surface area contributed by atoms with Crippen molar-refractivity contribution in [2.24, 2.45) is 0 Å². The molecule has 0 aliphatic carbocycles. The molecule has 0 radical (unpaired) electrons. The summed E-state index contributed by atoms with van der Waals surface area (Å²) in [5, 5.41) is 5.71. The molecular formula is C16H19N3O. The van der Waals surface area contributed by atoms with E-state index in [1.807, 2.05) is 43.3 Å². The smallest absolute Gasteiger partial charge is 0.319 e. The van der Waals surface area contributed by atoms with Gasteiger partial charge in [0.2, 0.25) is 0 Å². The van der Waals surface area contributed by atoms with E-state index in [0.29, 0.717) is 0 Å². The number of carbonyl (C=O) groups excluding carboxylic acids is 1. The molecule has 1 aromatic heterocycles. The first-order chi connectivity index (χ1) is 9.69. The van der Waals surface area contributed by atoms with Gasteiger partial charge in [0, 0.05) is 18.1 Å². The number of rotatable bonds is 4. The quantitative estimate of drug-likeness (QED) is 0.892. The number of hydrogen-bond donors (Lipinski definition) is 2. The van der Waals surface area contributed by atoms with Gasteiger partial charge in [-0.3, -0.25) is 4.98 Å². The molecule has 0 fully saturated rings. The molecule has 1 aromatic carbocycles. The number of pyridine rings is 1. The Hall–Kier alpha value is -2.36. The SMILES string of the molecule is CCc1ccc(NC(=O)NC(C)c2cccnc2)cc1. The van der Waals surface area contributed by atoms with Gasteiger partial charge in [-0.2, -0.15) is 0 Å². The summed E-state index contributed by atoms with van der Waals surface area (Å²) < 4.78 is 0. The lowest BCUT2D eigenvalue weighted by Crippen LogP contribution is -2.31.